The Kier molecular flexibility index (Phi) is 6.40. The van der Waals surface area contributed by atoms with Crippen LogP contribution in [0.4, 0.5) is 0 Å². The first kappa shape index (κ1) is 23.8. The Morgan fingerprint density at radius 1 is 1.00 bits per heavy atom. The van der Waals surface area contributed by atoms with E-state index in [-0.39, 0.29) is 10.5 Å². The summed E-state index contributed by atoms with van der Waals surface area (Å²) in [5.41, 5.74) is 0.870. The zero-order valence-electron chi connectivity index (χ0n) is 19.1. The zero-order valence-corrected chi connectivity index (χ0v) is 19.9. The van der Waals surface area contributed by atoms with Gasteiger partial charge in [0.1, 0.15) is 0 Å². The second kappa shape index (κ2) is 8.60. The molecule has 0 aliphatic carbocycles. The van der Waals surface area contributed by atoms with E-state index in [1.807, 2.05) is 27.7 Å². The van der Waals surface area contributed by atoms with Crippen LogP contribution < -0.4 is 9.47 Å². The number of aryl methyl sites for hydroxylation is 1. The minimum absolute atomic E-state index is 0.00725. The quantitative estimate of drug-likeness (QED) is 0.697. The number of sulfonamides is 1. The molecule has 2 aromatic rings. The van der Waals surface area contributed by atoms with Crippen LogP contribution in [-0.2, 0) is 14.8 Å². The Balaban J connectivity index is 2.26. The lowest BCUT2D eigenvalue weighted by Gasteiger charge is -2.37. The van der Waals surface area contributed by atoms with Gasteiger partial charge in [-0.05, 0) is 42.2 Å². The number of nitrogens with zero attached hydrogens (tertiary/aromatic N) is 1. The van der Waals surface area contributed by atoms with E-state index in [1.54, 1.807) is 48.5 Å². The molecular weight excluding hydrogens is 430 g/mol. The van der Waals surface area contributed by atoms with Crippen molar-refractivity contribution in [1.82, 2.24) is 4.31 Å². The minimum Gasteiger partial charge on any atom is -0.493 e. The number of hydrogen-bond acceptors (Lipinski definition) is 5. The fourth-order valence-electron chi connectivity index (χ4n) is 3.92. The monoisotopic (exact) mass is 459 g/mol. The third-order valence-corrected chi connectivity index (χ3v) is 7.48. The Hall–Kier alpha value is -2.84. The van der Waals surface area contributed by atoms with Crippen molar-refractivity contribution in [3.8, 4) is 11.5 Å². The van der Waals surface area contributed by atoms with Crippen LogP contribution in [0.2, 0.25) is 0 Å². The van der Waals surface area contributed by atoms with E-state index >= 15 is 0 Å². The SMILES string of the molecule is COc1ccc([C@H]2C(C(=O)O)=C[C@@H](C(C)(C)C)N2S(=O)(=O)c2ccc(C)cc2)cc1OC. The molecule has 2 aromatic carbocycles. The Morgan fingerprint density at radius 3 is 2.09 bits per heavy atom. The average Bonchev–Trinajstić information content (AvgIpc) is 3.16. The summed E-state index contributed by atoms with van der Waals surface area (Å²) in [6.45, 7) is 7.55. The number of rotatable bonds is 6. The number of methoxy groups -OCH3 is 2. The molecule has 2 atom stereocenters. The lowest BCUT2D eigenvalue weighted by molar-refractivity contribution is -0.133. The van der Waals surface area contributed by atoms with Crippen molar-refractivity contribution in [2.45, 2.75) is 44.7 Å². The number of benzene rings is 2. The van der Waals surface area contributed by atoms with Crippen molar-refractivity contribution >= 4 is 16.0 Å². The van der Waals surface area contributed by atoms with Gasteiger partial charge in [-0.25, -0.2) is 13.2 Å². The number of aliphatic carboxylic acids is 1. The molecule has 1 N–H and O–H groups in total. The molecule has 0 radical (unpaired) electrons. The number of hydrogen-bond donors (Lipinski definition) is 1. The molecule has 8 heteroatoms. The highest BCUT2D eigenvalue weighted by atomic mass is 32.2. The van der Waals surface area contributed by atoms with Crippen molar-refractivity contribution in [2.75, 3.05) is 14.2 Å². The molecule has 0 amide bonds. The highest BCUT2D eigenvalue weighted by molar-refractivity contribution is 7.89. The molecule has 1 aliphatic rings. The lowest BCUT2D eigenvalue weighted by Crippen LogP contribution is -2.45. The summed E-state index contributed by atoms with van der Waals surface area (Å²) in [5, 5.41) is 10.0. The van der Waals surface area contributed by atoms with Crippen LogP contribution in [0, 0.1) is 12.3 Å². The smallest absolute Gasteiger partial charge is 0.333 e. The molecule has 0 saturated heterocycles. The molecule has 7 nitrogen and oxygen atoms in total. The summed E-state index contributed by atoms with van der Waals surface area (Å²) in [5.74, 6) is -0.308. The molecule has 0 spiro atoms. The van der Waals surface area contributed by atoms with Crippen molar-refractivity contribution in [3.63, 3.8) is 0 Å². The average molecular weight is 460 g/mol. The number of carboxylic acids is 1. The van der Waals surface area contributed by atoms with Crippen LogP contribution in [0.15, 0.2) is 59.0 Å². The van der Waals surface area contributed by atoms with Gasteiger partial charge in [0, 0.05) is 6.04 Å². The predicted octanol–water partition coefficient (Wildman–Crippen LogP) is 4.18. The topological polar surface area (TPSA) is 93.1 Å². The summed E-state index contributed by atoms with van der Waals surface area (Å²) in [6.07, 6.45) is 1.55. The van der Waals surface area contributed by atoms with E-state index in [0.717, 1.165) is 5.56 Å². The lowest BCUT2D eigenvalue weighted by atomic mass is 9.87. The van der Waals surface area contributed by atoms with Gasteiger partial charge in [-0.2, -0.15) is 4.31 Å². The first-order valence-corrected chi connectivity index (χ1v) is 11.6. The van der Waals surface area contributed by atoms with Gasteiger partial charge in [-0.15, -0.1) is 0 Å². The first-order valence-electron chi connectivity index (χ1n) is 10.2. The number of carboxylic acid groups (broad SMARTS) is 1. The van der Waals surface area contributed by atoms with Gasteiger partial charge >= 0.3 is 5.97 Å². The van der Waals surface area contributed by atoms with Crippen LogP contribution in [-0.4, -0.2) is 44.1 Å². The van der Waals surface area contributed by atoms with Gasteiger partial charge in [-0.3, -0.25) is 0 Å². The van der Waals surface area contributed by atoms with E-state index in [2.05, 4.69) is 0 Å². The molecule has 1 aliphatic heterocycles. The van der Waals surface area contributed by atoms with Gasteiger partial charge in [0.15, 0.2) is 11.5 Å². The normalized spacial score (nSPS) is 19.5. The van der Waals surface area contributed by atoms with Gasteiger partial charge in [0.05, 0.1) is 30.7 Å². The van der Waals surface area contributed by atoms with E-state index in [4.69, 9.17) is 9.47 Å². The molecule has 172 valence electrons. The zero-order chi connectivity index (χ0) is 23.8. The van der Waals surface area contributed by atoms with E-state index < -0.39 is 33.5 Å². The summed E-state index contributed by atoms with van der Waals surface area (Å²) >= 11 is 0. The van der Waals surface area contributed by atoms with Crippen molar-refractivity contribution in [1.29, 1.82) is 0 Å². The van der Waals surface area contributed by atoms with Crippen LogP contribution in [0.1, 0.15) is 37.9 Å². The predicted molar refractivity (Wildman–Crippen MR) is 121 cm³/mol. The molecule has 0 bridgehead atoms. The van der Waals surface area contributed by atoms with Crippen LogP contribution >= 0.6 is 0 Å². The largest absolute Gasteiger partial charge is 0.493 e. The third-order valence-electron chi connectivity index (χ3n) is 5.61. The fourth-order valence-corrected chi connectivity index (χ4v) is 5.83. The van der Waals surface area contributed by atoms with Gasteiger partial charge in [0.25, 0.3) is 0 Å². The molecule has 0 fully saturated rings. The Morgan fingerprint density at radius 2 is 1.59 bits per heavy atom. The van der Waals surface area contributed by atoms with Crippen molar-refractivity contribution in [2.24, 2.45) is 5.41 Å². The van der Waals surface area contributed by atoms with Crippen molar-refractivity contribution in [3.05, 3.63) is 65.2 Å². The molecule has 32 heavy (non-hydrogen) atoms. The standard InChI is InChI=1S/C24H29NO6S/c1-15-7-10-17(11-8-15)32(28,29)25-21(24(2,3)4)14-18(23(26)27)22(25)16-9-12-19(30-5)20(13-16)31-6/h7-14,21-22H,1-6H3,(H,26,27)/t21-,22-/m0/s1. The third kappa shape index (κ3) is 4.25. The summed E-state index contributed by atoms with van der Waals surface area (Å²) in [4.78, 5) is 12.4. The van der Waals surface area contributed by atoms with Crippen LogP contribution in [0.5, 0.6) is 11.5 Å². The molecular formula is C24H29NO6S. The van der Waals surface area contributed by atoms with E-state index in [0.29, 0.717) is 17.1 Å². The van der Waals surface area contributed by atoms with E-state index in [9.17, 15) is 18.3 Å². The Bertz CT molecular complexity index is 1150. The summed E-state index contributed by atoms with van der Waals surface area (Å²) in [6, 6.07) is 9.81. The minimum atomic E-state index is -4.04. The second-order valence-corrected chi connectivity index (χ2v) is 10.7. The molecule has 0 aromatic heterocycles. The fraction of sp³-hybridized carbons (Fsp3) is 0.375. The maximum atomic E-state index is 13.9. The highest BCUT2D eigenvalue weighted by Crippen LogP contribution is 2.47. The molecule has 0 unspecified atom stereocenters. The number of ether oxygens (including phenoxy) is 2. The van der Waals surface area contributed by atoms with Crippen LogP contribution in [0.3, 0.4) is 0 Å². The first-order chi connectivity index (χ1) is 14.9. The molecule has 1 heterocycles. The van der Waals surface area contributed by atoms with Gasteiger partial charge in [0.2, 0.25) is 10.0 Å². The number of carbonyl (C=O) groups is 1. The van der Waals surface area contributed by atoms with E-state index in [1.165, 1.54) is 18.5 Å². The second-order valence-electron chi connectivity index (χ2n) is 8.90. The van der Waals surface area contributed by atoms with Gasteiger partial charge < -0.3 is 14.6 Å². The summed E-state index contributed by atoms with van der Waals surface area (Å²) < 4.78 is 39.7. The maximum Gasteiger partial charge on any atom is 0.333 e. The van der Waals surface area contributed by atoms with Gasteiger partial charge in [-0.1, -0.05) is 50.6 Å². The maximum absolute atomic E-state index is 13.9. The highest BCUT2D eigenvalue weighted by Gasteiger charge is 2.49. The van der Waals surface area contributed by atoms with Crippen LogP contribution in [0.25, 0.3) is 0 Å². The molecule has 3 rings (SSSR count). The molecule has 0 saturated carbocycles. The summed E-state index contributed by atoms with van der Waals surface area (Å²) in [7, 11) is -1.07. The Labute approximate surface area is 189 Å². The van der Waals surface area contributed by atoms with Crippen molar-refractivity contribution < 1.29 is 27.8 Å².